The summed E-state index contributed by atoms with van der Waals surface area (Å²) in [6.07, 6.45) is 2.77. The molecule has 0 spiro atoms. The van der Waals surface area contributed by atoms with Crippen LogP contribution in [0.4, 0.5) is 0 Å². The van der Waals surface area contributed by atoms with Crippen LogP contribution >= 0.6 is 24.8 Å². The Kier molecular flexibility index (Phi) is 12.9. The van der Waals surface area contributed by atoms with Crippen LogP contribution in [0.15, 0.2) is 0 Å². The Balaban J connectivity index is 0. The molecule has 0 aromatic carbocycles. The molecule has 1 heterocycles. The van der Waals surface area contributed by atoms with E-state index in [9.17, 15) is 4.79 Å². The lowest BCUT2D eigenvalue weighted by Crippen LogP contribution is -2.42. The topological polar surface area (TPSA) is 49.6 Å². The molecule has 0 aromatic heterocycles. The third-order valence-electron chi connectivity index (χ3n) is 3.87. The van der Waals surface area contributed by atoms with Crippen molar-refractivity contribution < 1.29 is 4.79 Å². The van der Waals surface area contributed by atoms with Crippen molar-refractivity contribution in [2.24, 2.45) is 11.7 Å². The van der Waals surface area contributed by atoms with Gasteiger partial charge in [0.1, 0.15) is 0 Å². The molecule has 1 rings (SSSR count). The number of piperidine rings is 1. The summed E-state index contributed by atoms with van der Waals surface area (Å²) in [4.78, 5) is 16.3. The highest BCUT2D eigenvalue weighted by Gasteiger charge is 2.23. The SMILES string of the molecule is CCN(CC)CC1CCN(C(=O)CC(C)N)CC1.Cl.Cl. The van der Waals surface area contributed by atoms with Crippen LogP contribution < -0.4 is 5.73 Å². The van der Waals surface area contributed by atoms with Crippen molar-refractivity contribution in [3.05, 3.63) is 0 Å². The summed E-state index contributed by atoms with van der Waals surface area (Å²) in [5.41, 5.74) is 5.68. The summed E-state index contributed by atoms with van der Waals surface area (Å²) in [5, 5.41) is 0. The van der Waals surface area contributed by atoms with Gasteiger partial charge in [0.05, 0.1) is 0 Å². The van der Waals surface area contributed by atoms with Crippen LogP contribution in [0.3, 0.4) is 0 Å². The monoisotopic (exact) mass is 327 g/mol. The molecule has 1 aliphatic heterocycles. The molecule has 1 amide bonds. The number of nitrogens with zero attached hydrogens (tertiary/aromatic N) is 2. The van der Waals surface area contributed by atoms with E-state index in [1.54, 1.807) is 0 Å². The minimum absolute atomic E-state index is 0. The lowest BCUT2D eigenvalue weighted by atomic mass is 9.95. The van der Waals surface area contributed by atoms with Gasteiger partial charge in [-0.25, -0.2) is 0 Å². The highest BCUT2D eigenvalue weighted by molar-refractivity contribution is 5.85. The number of hydrogen-bond acceptors (Lipinski definition) is 3. The highest BCUT2D eigenvalue weighted by Crippen LogP contribution is 2.19. The average Bonchev–Trinajstić information content (AvgIpc) is 2.35. The standard InChI is InChI=1S/C14H29N3O.2ClH/c1-4-16(5-2)11-13-6-8-17(9-7-13)14(18)10-12(3)15;;/h12-13H,4-11,15H2,1-3H3;2*1H. The molecule has 0 bridgehead atoms. The lowest BCUT2D eigenvalue weighted by molar-refractivity contribution is -0.132. The summed E-state index contributed by atoms with van der Waals surface area (Å²) < 4.78 is 0. The molecule has 1 aliphatic rings. The molecular weight excluding hydrogens is 297 g/mol. The maximum Gasteiger partial charge on any atom is 0.224 e. The predicted molar refractivity (Wildman–Crippen MR) is 89.9 cm³/mol. The van der Waals surface area contributed by atoms with Gasteiger partial charge < -0.3 is 15.5 Å². The summed E-state index contributed by atoms with van der Waals surface area (Å²) in [6.45, 7) is 11.6. The van der Waals surface area contributed by atoms with Crippen LogP contribution in [-0.4, -0.2) is 54.5 Å². The summed E-state index contributed by atoms with van der Waals surface area (Å²) in [6, 6.07) is -0.0223. The van der Waals surface area contributed by atoms with Crippen molar-refractivity contribution >= 4 is 30.7 Å². The van der Waals surface area contributed by atoms with Gasteiger partial charge in [0.2, 0.25) is 5.91 Å². The number of halogens is 2. The quantitative estimate of drug-likeness (QED) is 0.813. The first kappa shape index (κ1) is 22.3. The van der Waals surface area contributed by atoms with E-state index in [-0.39, 0.29) is 36.8 Å². The van der Waals surface area contributed by atoms with Crippen molar-refractivity contribution in [2.75, 3.05) is 32.7 Å². The minimum atomic E-state index is -0.0223. The Morgan fingerprint density at radius 2 is 1.75 bits per heavy atom. The first-order chi connectivity index (χ1) is 8.56. The summed E-state index contributed by atoms with van der Waals surface area (Å²) in [5.74, 6) is 0.982. The van der Waals surface area contributed by atoms with Crippen LogP contribution in [0.1, 0.15) is 40.0 Å². The smallest absolute Gasteiger partial charge is 0.224 e. The van der Waals surface area contributed by atoms with E-state index >= 15 is 0 Å². The van der Waals surface area contributed by atoms with E-state index in [1.807, 2.05) is 11.8 Å². The maximum absolute atomic E-state index is 11.9. The van der Waals surface area contributed by atoms with Crippen LogP contribution in [0.5, 0.6) is 0 Å². The first-order valence-electron chi connectivity index (χ1n) is 7.32. The molecule has 1 unspecified atom stereocenters. The van der Waals surface area contributed by atoms with Crippen molar-refractivity contribution in [1.29, 1.82) is 0 Å². The van der Waals surface area contributed by atoms with Gasteiger partial charge >= 0.3 is 0 Å². The molecule has 0 aliphatic carbocycles. The van der Waals surface area contributed by atoms with E-state index in [0.29, 0.717) is 6.42 Å². The fourth-order valence-electron chi connectivity index (χ4n) is 2.62. The Labute approximate surface area is 136 Å². The summed E-state index contributed by atoms with van der Waals surface area (Å²) in [7, 11) is 0. The average molecular weight is 328 g/mol. The summed E-state index contributed by atoms with van der Waals surface area (Å²) >= 11 is 0. The van der Waals surface area contributed by atoms with Crippen LogP contribution in [0, 0.1) is 5.92 Å². The Hall–Kier alpha value is -0.0300. The van der Waals surface area contributed by atoms with Gasteiger partial charge in [-0.1, -0.05) is 13.8 Å². The molecule has 6 heteroatoms. The molecule has 0 saturated carbocycles. The highest BCUT2D eigenvalue weighted by atomic mass is 35.5. The van der Waals surface area contributed by atoms with Gasteiger partial charge in [-0.05, 0) is 38.8 Å². The van der Waals surface area contributed by atoms with Crippen LogP contribution in [-0.2, 0) is 4.79 Å². The fourth-order valence-corrected chi connectivity index (χ4v) is 2.62. The number of amides is 1. The van der Waals surface area contributed by atoms with Gasteiger partial charge in [0.25, 0.3) is 0 Å². The van der Waals surface area contributed by atoms with E-state index in [2.05, 4.69) is 18.7 Å². The Bertz CT molecular complexity index is 253. The fraction of sp³-hybridized carbons (Fsp3) is 0.929. The molecule has 1 saturated heterocycles. The van der Waals surface area contributed by atoms with Crippen molar-refractivity contribution in [3.8, 4) is 0 Å². The molecule has 122 valence electrons. The van der Waals surface area contributed by atoms with Gasteiger partial charge in [0.15, 0.2) is 0 Å². The molecule has 4 nitrogen and oxygen atoms in total. The number of rotatable bonds is 6. The zero-order chi connectivity index (χ0) is 13.5. The number of likely N-dealkylation sites (tertiary alicyclic amines) is 1. The molecule has 1 atom stereocenters. The molecule has 0 aromatic rings. The zero-order valence-corrected chi connectivity index (χ0v) is 14.6. The van der Waals surface area contributed by atoms with E-state index in [4.69, 9.17) is 5.73 Å². The normalized spacial score (nSPS) is 17.4. The first-order valence-corrected chi connectivity index (χ1v) is 7.32. The van der Waals surface area contributed by atoms with Gasteiger partial charge in [-0.2, -0.15) is 0 Å². The lowest BCUT2D eigenvalue weighted by Gasteiger charge is -2.34. The molecule has 2 N–H and O–H groups in total. The predicted octanol–water partition coefficient (Wildman–Crippen LogP) is 2.15. The minimum Gasteiger partial charge on any atom is -0.343 e. The third kappa shape index (κ3) is 7.67. The van der Waals surface area contributed by atoms with Crippen molar-refractivity contribution in [2.45, 2.75) is 46.1 Å². The third-order valence-corrected chi connectivity index (χ3v) is 3.87. The van der Waals surface area contributed by atoms with Crippen molar-refractivity contribution in [1.82, 2.24) is 9.80 Å². The van der Waals surface area contributed by atoms with Crippen molar-refractivity contribution in [3.63, 3.8) is 0 Å². The number of carbonyl (C=O) groups is 1. The van der Waals surface area contributed by atoms with E-state index in [1.165, 1.54) is 6.54 Å². The Morgan fingerprint density at radius 3 is 2.15 bits per heavy atom. The maximum atomic E-state index is 11.9. The molecular formula is C14H31Cl2N3O. The second-order valence-electron chi connectivity index (χ2n) is 5.49. The van der Waals surface area contributed by atoms with E-state index < -0.39 is 0 Å². The van der Waals surface area contributed by atoms with Gasteiger partial charge in [-0.15, -0.1) is 24.8 Å². The molecule has 1 fully saturated rings. The van der Waals surface area contributed by atoms with Crippen LogP contribution in [0.25, 0.3) is 0 Å². The van der Waals surface area contributed by atoms with E-state index in [0.717, 1.165) is 44.9 Å². The Morgan fingerprint density at radius 1 is 1.25 bits per heavy atom. The second-order valence-corrected chi connectivity index (χ2v) is 5.49. The largest absolute Gasteiger partial charge is 0.343 e. The molecule has 0 radical (unpaired) electrons. The molecule has 20 heavy (non-hydrogen) atoms. The second kappa shape index (κ2) is 11.6. The van der Waals surface area contributed by atoms with Crippen LogP contribution in [0.2, 0.25) is 0 Å². The number of nitrogens with two attached hydrogens (primary N) is 1. The van der Waals surface area contributed by atoms with Gasteiger partial charge in [0, 0.05) is 32.1 Å². The van der Waals surface area contributed by atoms with Gasteiger partial charge in [-0.3, -0.25) is 4.79 Å². The number of hydrogen-bond donors (Lipinski definition) is 1. The number of carbonyl (C=O) groups excluding carboxylic acids is 1. The zero-order valence-electron chi connectivity index (χ0n) is 13.0.